The van der Waals surface area contributed by atoms with Crippen LogP contribution < -0.4 is 10.9 Å². The Bertz CT molecular complexity index is 984. The topological polar surface area (TPSA) is 87.7 Å². The van der Waals surface area contributed by atoms with Crippen molar-refractivity contribution in [2.24, 2.45) is 0 Å². The van der Waals surface area contributed by atoms with Gasteiger partial charge in [0.1, 0.15) is 5.82 Å². The predicted molar refractivity (Wildman–Crippen MR) is 109 cm³/mol. The van der Waals surface area contributed by atoms with Crippen LogP contribution in [0.3, 0.4) is 0 Å². The van der Waals surface area contributed by atoms with Gasteiger partial charge in [-0.15, -0.1) is 0 Å². The van der Waals surface area contributed by atoms with Crippen molar-refractivity contribution in [2.75, 3.05) is 0 Å². The average Bonchev–Trinajstić information content (AvgIpc) is 2.70. The molecule has 1 atom stereocenters. The van der Waals surface area contributed by atoms with E-state index in [1.807, 2.05) is 25.1 Å². The smallest absolute Gasteiger partial charge is 0.255 e. The van der Waals surface area contributed by atoms with Gasteiger partial charge in [0.25, 0.3) is 5.56 Å². The molecule has 0 fully saturated rings. The van der Waals surface area contributed by atoms with Crippen molar-refractivity contribution >= 4 is 5.91 Å². The highest BCUT2D eigenvalue weighted by Crippen LogP contribution is 2.13. The van der Waals surface area contributed by atoms with E-state index in [1.54, 1.807) is 31.5 Å². The highest BCUT2D eigenvalue weighted by molar-refractivity contribution is 5.79. The van der Waals surface area contributed by atoms with Gasteiger partial charge in [-0.3, -0.25) is 14.6 Å². The Morgan fingerprint density at radius 3 is 2.54 bits per heavy atom. The van der Waals surface area contributed by atoms with Gasteiger partial charge in [-0.25, -0.2) is 4.98 Å². The Labute approximate surface area is 164 Å². The zero-order valence-corrected chi connectivity index (χ0v) is 16.1. The van der Waals surface area contributed by atoms with Crippen molar-refractivity contribution in [3.05, 3.63) is 82.0 Å². The Hall–Kier alpha value is -3.28. The number of H-pyrrole nitrogens is 1. The fraction of sp³-hybridized carbons (Fsp3) is 0.273. The number of aryl methyl sites for hydroxylation is 2. The summed E-state index contributed by atoms with van der Waals surface area (Å²) in [6, 6.07) is 13.7. The Balaban J connectivity index is 1.61. The summed E-state index contributed by atoms with van der Waals surface area (Å²) < 4.78 is 0. The van der Waals surface area contributed by atoms with Crippen molar-refractivity contribution in [3.8, 4) is 11.4 Å². The number of aromatic amines is 1. The summed E-state index contributed by atoms with van der Waals surface area (Å²) in [6.07, 6.45) is 5.03. The molecule has 3 aromatic rings. The molecule has 0 spiro atoms. The van der Waals surface area contributed by atoms with E-state index in [1.165, 1.54) is 5.56 Å². The summed E-state index contributed by atoms with van der Waals surface area (Å²) in [4.78, 5) is 36.0. The first kappa shape index (κ1) is 19.5. The van der Waals surface area contributed by atoms with E-state index < -0.39 is 0 Å². The van der Waals surface area contributed by atoms with E-state index >= 15 is 0 Å². The minimum Gasteiger partial charge on any atom is -0.353 e. The van der Waals surface area contributed by atoms with E-state index in [-0.39, 0.29) is 23.9 Å². The molecule has 1 aromatic carbocycles. The second-order valence-electron chi connectivity index (χ2n) is 6.88. The minimum absolute atomic E-state index is 0.0144. The lowest BCUT2D eigenvalue weighted by molar-refractivity contribution is -0.121. The molecule has 2 N–H and O–H groups in total. The third-order valence-corrected chi connectivity index (χ3v) is 4.63. The van der Waals surface area contributed by atoms with Gasteiger partial charge in [0.15, 0.2) is 0 Å². The van der Waals surface area contributed by atoms with E-state index in [0.717, 1.165) is 18.4 Å². The number of rotatable bonds is 7. The maximum Gasteiger partial charge on any atom is 0.255 e. The van der Waals surface area contributed by atoms with Crippen molar-refractivity contribution in [3.63, 3.8) is 0 Å². The third kappa shape index (κ3) is 5.13. The molecule has 1 amide bonds. The zero-order chi connectivity index (χ0) is 19.9. The van der Waals surface area contributed by atoms with Gasteiger partial charge in [-0.1, -0.05) is 30.3 Å². The highest BCUT2D eigenvalue weighted by atomic mass is 16.2. The van der Waals surface area contributed by atoms with Crippen LogP contribution in [-0.4, -0.2) is 26.9 Å². The van der Waals surface area contributed by atoms with E-state index in [9.17, 15) is 9.59 Å². The lowest BCUT2D eigenvalue weighted by atomic mass is 10.1. The van der Waals surface area contributed by atoms with Gasteiger partial charge in [0.05, 0.1) is 6.42 Å². The average molecular weight is 376 g/mol. The molecule has 2 aromatic heterocycles. The zero-order valence-electron chi connectivity index (χ0n) is 16.1. The lowest BCUT2D eigenvalue weighted by Gasteiger charge is -2.14. The number of carbonyl (C=O) groups excluding carboxylic acids is 1. The maximum absolute atomic E-state index is 12.5. The number of benzene rings is 1. The molecule has 0 bridgehead atoms. The van der Waals surface area contributed by atoms with Gasteiger partial charge >= 0.3 is 0 Å². The van der Waals surface area contributed by atoms with Crippen LogP contribution in [0.1, 0.15) is 30.2 Å². The van der Waals surface area contributed by atoms with Gasteiger partial charge in [0.2, 0.25) is 5.91 Å². The molecule has 1 unspecified atom stereocenters. The molecule has 28 heavy (non-hydrogen) atoms. The van der Waals surface area contributed by atoms with Crippen molar-refractivity contribution in [2.45, 2.75) is 39.2 Å². The Kier molecular flexibility index (Phi) is 6.32. The summed E-state index contributed by atoms with van der Waals surface area (Å²) in [6.45, 7) is 3.73. The molecular weight excluding hydrogens is 352 g/mol. The first-order valence-corrected chi connectivity index (χ1v) is 9.36. The highest BCUT2D eigenvalue weighted by Gasteiger charge is 2.15. The molecule has 2 heterocycles. The number of carbonyl (C=O) groups is 1. The standard InChI is InChI=1S/C22H24N4O2/c1-15(8-9-17-6-4-3-5-7-17)24-20(27)14-19-16(2)25-21(26-22(19)28)18-10-12-23-13-11-18/h3-7,10-13,15H,8-9,14H2,1-2H3,(H,24,27)(H,25,26,28). The molecule has 6 heteroatoms. The molecule has 0 saturated heterocycles. The Morgan fingerprint density at radius 1 is 1.14 bits per heavy atom. The predicted octanol–water partition coefficient (Wildman–Crippen LogP) is 2.82. The molecule has 0 aliphatic heterocycles. The molecule has 0 saturated carbocycles. The summed E-state index contributed by atoms with van der Waals surface area (Å²) >= 11 is 0. The molecule has 0 aliphatic carbocycles. The van der Waals surface area contributed by atoms with E-state index in [0.29, 0.717) is 17.1 Å². The van der Waals surface area contributed by atoms with Crippen LogP contribution in [0.5, 0.6) is 0 Å². The van der Waals surface area contributed by atoms with Crippen molar-refractivity contribution in [1.29, 1.82) is 0 Å². The van der Waals surface area contributed by atoms with E-state index in [4.69, 9.17) is 0 Å². The Morgan fingerprint density at radius 2 is 1.86 bits per heavy atom. The molecule has 0 radical (unpaired) electrons. The van der Waals surface area contributed by atoms with Crippen molar-refractivity contribution in [1.82, 2.24) is 20.3 Å². The second kappa shape index (κ2) is 9.08. The quantitative estimate of drug-likeness (QED) is 0.664. The second-order valence-corrected chi connectivity index (χ2v) is 6.88. The van der Waals surface area contributed by atoms with Crippen LogP contribution in [0.25, 0.3) is 11.4 Å². The number of nitrogens with one attached hydrogen (secondary N) is 2. The number of amides is 1. The van der Waals surface area contributed by atoms with Gasteiger partial charge in [0, 0.05) is 35.3 Å². The largest absolute Gasteiger partial charge is 0.353 e. The van der Waals surface area contributed by atoms with E-state index in [2.05, 4.69) is 32.4 Å². The third-order valence-electron chi connectivity index (χ3n) is 4.63. The maximum atomic E-state index is 12.5. The van der Waals surface area contributed by atoms with Crippen molar-refractivity contribution < 1.29 is 4.79 Å². The molecule has 6 nitrogen and oxygen atoms in total. The van der Waals surface area contributed by atoms with Crippen LogP contribution in [0.15, 0.2) is 59.7 Å². The van der Waals surface area contributed by atoms with Crippen LogP contribution in [0.4, 0.5) is 0 Å². The van der Waals surface area contributed by atoms with Crippen LogP contribution in [-0.2, 0) is 17.6 Å². The number of aromatic nitrogens is 3. The van der Waals surface area contributed by atoms with Crippen LogP contribution in [0, 0.1) is 6.92 Å². The summed E-state index contributed by atoms with van der Waals surface area (Å²) in [7, 11) is 0. The van der Waals surface area contributed by atoms with Gasteiger partial charge in [-0.2, -0.15) is 0 Å². The normalized spacial score (nSPS) is 11.8. The van der Waals surface area contributed by atoms with Crippen LogP contribution >= 0.6 is 0 Å². The monoisotopic (exact) mass is 376 g/mol. The molecular formula is C22H24N4O2. The summed E-state index contributed by atoms with van der Waals surface area (Å²) in [5, 5.41) is 2.97. The SMILES string of the molecule is Cc1nc(-c2ccncc2)[nH]c(=O)c1CC(=O)NC(C)CCc1ccccc1. The first-order chi connectivity index (χ1) is 13.5. The van der Waals surface area contributed by atoms with Gasteiger partial charge in [-0.05, 0) is 44.4 Å². The molecule has 3 rings (SSSR count). The fourth-order valence-corrected chi connectivity index (χ4v) is 3.05. The lowest BCUT2D eigenvalue weighted by Crippen LogP contribution is -2.35. The van der Waals surface area contributed by atoms with Gasteiger partial charge < -0.3 is 10.3 Å². The number of hydrogen-bond acceptors (Lipinski definition) is 4. The minimum atomic E-state index is -0.286. The number of nitrogens with zero attached hydrogens (tertiary/aromatic N) is 2. The molecule has 144 valence electrons. The molecule has 0 aliphatic rings. The first-order valence-electron chi connectivity index (χ1n) is 9.36. The fourth-order valence-electron chi connectivity index (χ4n) is 3.05. The summed E-state index contributed by atoms with van der Waals surface area (Å²) in [5.41, 5.74) is 2.69. The number of hydrogen-bond donors (Lipinski definition) is 2. The van der Waals surface area contributed by atoms with Crippen LogP contribution in [0.2, 0.25) is 0 Å². The summed E-state index contributed by atoms with van der Waals surface area (Å²) in [5.74, 6) is 0.304. The number of pyridine rings is 1.